The fraction of sp³-hybridized carbons (Fsp3) is 0.167. The fourth-order valence-electron chi connectivity index (χ4n) is 1.42. The van der Waals surface area contributed by atoms with E-state index in [4.69, 9.17) is 10.2 Å². The van der Waals surface area contributed by atoms with Gasteiger partial charge < -0.3 is 10.2 Å². The monoisotopic (exact) mass is 220 g/mol. The van der Waals surface area contributed by atoms with Crippen LogP contribution in [0.15, 0.2) is 24.3 Å². The van der Waals surface area contributed by atoms with Crippen molar-refractivity contribution in [2.45, 2.75) is 13.8 Å². The summed E-state index contributed by atoms with van der Waals surface area (Å²) in [6.45, 7) is 3.61. The third-order valence-electron chi connectivity index (χ3n) is 2.39. The molecule has 84 valence electrons. The molecule has 0 spiro atoms. The molecule has 0 radical (unpaired) electrons. The van der Waals surface area contributed by atoms with Crippen LogP contribution in [0.4, 0.5) is 0 Å². The third-order valence-corrected chi connectivity index (χ3v) is 2.39. The van der Waals surface area contributed by atoms with E-state index in [9.17, 15) is 9.59 Å². The molecule has 0 aliphatic carbocycles. The van der Waals surface area contributed by atoms with Gasteiger partial charge in [-0.1, -0.05) is 18.2 Å². The Morgan fingerprint density at radius 3 is 2.31 bits per heavy atom. The Morgan fingerprint density at radius 2 is 1.81 bits per heavy atom. The first kappa shape index (κ1) is 12.0. The number of carbonyl (C=O) groups is 2. The molecule has 1 aromatic rings. The zero-order chi connectivity index (χ0) is 12.3. The minimum absolute atomic E-state index is 0.200. The molecule has 0 saturated heterocycles. The van der Waals surface area contributed by atoms with Crippen molar-refractivity contribution < 1.29 is 19.8 Å². The average Bonchev–Trinajstić information content (AvgIpc) is 2.18. The van der Waals surface area contributed by atoms with Gasteiger partial charge in [-0.2, -0.15) is 0 Å². The second kappa shape index (κ2) is 4.61. The van der Waals surface area contributed by atoms with Gasteiger partial charge in [-0.15, -0.1) is 0 Å². The highest BCUT2D eigenvalue weighted by Gasteiger charge is 2.14. The van der Waals surface area contributed by atoms with Crippen LogP contribution >= 0.6 is 0 Å². The molecule has 0 bridgehead atoms. The van der Waals surface area contributed by atoms with Crippen molar-refractivity contribution in [3.8, 4) is 0 Å². The molecular formula is C12H12O4. The molecule has 1 rings (SSSR count). The second-order valence-electron chi connectivity index (χ2n) is 3.45. The van der Waals surface area contributed by atoms with Crippen molar-refractivity contribution in [1.82, 2.24) is 0 Å². The van der Waals surface area contributed by atoms with E-state index in [1.54, 1.807) is 19.1 Å². The molecule has 0 atom stereocenters. The minimum Gasteiger partial charge on any atom is -0.478 e. The maximum atomic E-state index is 11.0. The Kier molecular flexibility index (Phi) is 3.45. The van der Waals surface area contributed by atoms with Crippen LogP contribution in [0.2, 0.25) is 0 Å². The molecule has 0 amide bonds. The van der Waals surface area contributed by atoms with Crippen LogP contribution < -0.4 is 0 Å². The van der Waals surface area contributed by atoms with Crippen molar-refractivity contribution >= 4 is 17.5 Å². The van der Waals surface area contributed by atoms with Crippen LogP contribution in [0.3, 0.4) is 0 Å². The molecule has 2 N–H and O–H groups in total. The Morgan fingerprint density at radius 1 is 1.19 bits per heavy atom. The Hall–Kier alpha value is -2.10. The van der Waals surface area contributed by atoms with Crippen LogP contribution in [0, 0.1) is 13.8 Å². The van der Waals surface area contributed by atoms with Crippen LogP contribution in [-0.2, 0) is 9.59 Å². The maximum Gasteiger partial charge on any atom is 0.336 e. The second-order valence-corrected chi connectivity index (χ2v) is 3.45. The topological polar surface area (TPSA) is 74.6 Å². The van der Waals surface area contributed by atoms with Gasteiger partial charge in [0, 0.05) is 6.08 Å². The van der Waals surface area contributed by atoms with E-state index < -0.39 is 11.9 Å². The number of aliphatic carboxylic acids is 2. The predicted molar refractivity (Wildman–Crippen MR) is 59.2 cm³/mol. The van der Waals surface area contributed by atoms with Crippen molar-refractivity contribution in [3.63, 3.8) is 0 Å². The number of hydrogen-bond acceptors (Lipinski definition) is 2. The number of hydrogen-bond donors (Lipinski definition) is 2. The zero-order valence-electron chi connectivity index (χ0n) is 9.02. The Bertz CT molecular complexity index is 472. The molecular weight excluding hydrogens is 208 g/mol. The summed E-state index contributed by atoms with van der Waals surface area (Å²) in [5.41, 5.74) is 1.94. The average molecular weight is 220 g/mol. The quantitative estimate of drug-likeness (QED) is 0.762. The number of carboxylic acids is 2. The summed E-state index contributed by atoms with van der Waals surface area (Å²) in [6.07, 6.45) is 0.712. The third kappa shape index (κ3) is 2.48. The summed E-state index contributed by atoms with van der Waals surface area (Å²) in [4.78, 5) is 21.5. The first-order valence-corrected chi connectivity index (χ1v) is 4.68. The maximum absolute atomic E-state index is 11.0. The summed E-state index contributed by atoms with van der Waals surface area (Å²) in [5, 5.41) is 17.6. The highest BCUT2D eigenvalue weighted by atomic mass is 16.4. The lowest BCUT2D eigenvalue weighted by molar-refractivity contribution is -0.133. The van der Waals surface area contributed by atoms with Gasteiger partial charge in [0.2, 0.25) is 0 Å². The highest BCUT2D eigenvalue weighted by Crippen LogP contribution is 2.21. The van der Waals surface area contributed by atoms with Gasteiger partial charge in [0.15, 0.2) is 0 Å². The lowest BCUT2D eigenvalue weighted by Gasteiger charge is -2.08. The molecule has 0 aliphatic rings. The van der Waals surface area contributed by atoms with Crippen LogP contribution in [0.25, 0.3) is 5.57 Å². The van der Waals surface area contributed by atoms with Crippen molar-refractivity contribution in [2.75, 3.05) is 0 Å². The van der Waals surface area contributed by atoms with Crippen LogP contribution in [-0.4, -0.2) is 22.2 Å². The zero-order valence-corrected chi connectivity index (χ0v) is 9.02. The van der Waals surface area contributed by atoms with Gasteiger partial charge >= 0.3 is 11.9 Å². The molecule has 0 saturated carbocycles. The van der Waals surface area contributed by atoms with Gasteiger partial charge in [0.1, 0.15) is 0 Å². The highest BCUT2D eigenvalue weighted by molar-refractivity contribution is 6.19. The van der Waals surface area contributed by atoms with Crippen molar-refractivity contribution in [2.24, 2.45) is 0 Å². The molecule has 16 heavy (non-hydrogen) atoms. The van der Waals surface area contributed by atoms with E-state index >= 15 is 0 Å². The Labute approximate surface area is 92.8 Å². The summed E-state index contributed by atoms with van der Waals surface area (Å²) < 4.78 is 0. The molecule has 0 fully saturated rings. The minimum atomic E-state index is -1.27. The van der Waals surface area contributed by atoms with Gasteiger partial charge in [-0.25, -0.2) is 9.59 Å². The van der Waals surface area contributed by atoms with E-state index in [2.05, 4.69) is 0 Å². The smallest absolute Gasteiger partial charge is 0.336 e. The van der Waals surface area contributed by atoms with E-state index in [-0.39, 0.29) is 5.57 Å². The molecule has 0 unspecified atom stereocenters. The molecule has 0 aliphatic heterocycles. The molecule has 4 nitrogen and oxygen atoms in total. The summed E-state index contributed by atoms with van der Waals surface area (Å²) >= 11 is 0. The summed E-state index contributed by atoms with van der Waals surface area (Å²) in [7, 11) is 0. The van der Waals surface area contributed by atoms with E-state index in [0.29, 0.717) is 11.6 Å². The van der Waals surface area contributed by atoms with Crippen molar-refractivity contribution in [1.29, 1.82) is 0 Å². The van der Waals surface area contributed by atoms with Crippen LogP contribution in [0.5, 0.6) is 0 Å². The lowest BCUT2D eigenvalue weighted by atomic mass is 9.97. The summed E-state index contributed by atoms with van der Waals surface area (Å²) in [6, 6.07) is 5.15. The molecule has 0 aromatic heterocycles. The number of benzene rings is 1. The van der Waals surface area contributed by atoms with Gasteiger partial charge in [-0.3, -0.25) is 0 Å². The number of carboxylic acid groups (broad SMARTS) is 2. The first-order chi connectivity index (χ1) is 7.43. The van der Waals surface area contributed by atoms with E-state index in [0.717, 1.165) is 11.1 Å². The SMILES string of the molecule is Cc1cccc(/C(=C/C(=O)O)C(=O)O)c1C. The lowest BCUT2D eigenvalue weighted by Crippen LogP contribution is -2.05. The summed E-state index contributed by atoms with van der Waals surface area (Å²) in [5.74, 6) is -2.51. The van der Waals surface area contributed by atoms with Crippen LogP contribution in [0.1, 0.15) is 16.7 Å². The molecule has 1 aromatic carbocycles. The molecule has 0 heterocycles. The van der Waals surface area contributed by atoms with Crippen molar-refractivity contribution in [3.05, 3.63) is 41.0 Å². The van der Waals surface area contributed by atoms with E-state index in [1.807, 2.05) is 13.0 Å². The fourth-order valence-corrected chi connectivity index (χ4v) is 1.42. The number of rotatable bonds is 3. The largest absolute Gasteiger partial charge is 0.478 e. The van der Waals surface area contributed by atoms with Gasteiger partial charge in [-0.05, 0) is 30.5 Å². The molecule has 4 heteroatoms. The Balaban J connectivity index is 3.39. The van der Waals surface area contributed by atoms with E-state index in [1.165, 1.54) is 0 Å². The van der Waals surface area contributed by atoms with Gasteiger partial charge in [0.05, 0.1) is 5.57 Å². The normalized spacial score (nSPS) is 11.2. The predicted octanol–water partition coefficient (Wildman–Crippen LogP) is 1.86. The first-order valence-electron chi connectivity index (χ1n) is 4.68. The number of aryl methyl sites for hydroxylation is 1. The standard InChI is InChI=1S/C12H12O4/c1-7-4-3-5-9(8(7)2)10(12(15)16)6-11(13)14/h3-6H,1-2H3,(H,13,14)(H,15,16)/b10-6-. The van der Waals surface area contributed by atoms with Gasteiger partial charge in [0.25, 0.3) is 0 Å².